The predicted molar refractivity (Wildman–Crippen MR) is 112 cm³/mol. The second kappa shape index (κ2) is 10.8. The van der Waals surface area contributed by atoms with Gasteiger partial charge in [-0.25, -0.2) is 4.79 Å². The van der Waals surface area contributed by atoms with E-state index in [1.807, 2.05) is 49.6 Å². The highest BCUT2D eigenvalue weighted by atomic mass is 79.9. The third-order valence-corrected chi connectivity index (χ3v) is 5.57. The Bertz CT molecular complexity index is 833. The lowest BCUT2D eigenvalue weighted by Crippen LogP contribution is -2.48. The maximum atomic E-state index is 12.7. The average Bonchev–Trinajstić information content (AvgIpc) is 3.10. The Balaban J connectivity index is 1.97. The first kappa shape index (κ1) is 21.9. The lowest BCUT2D eigenvalue weighted by molar-refractivity contribution is -0.123. The molecular weight excluding hydrogens is 442 g/mol. The third kappa shape index (κ3) is 6.98. The summed E-state index contributed by atoms with van der Waals surface area (Å²) in [5.41, 5.74) is 0.857. The van der Waals surface area contributed by atoms with E-state index in [0.29, 0.717) is 6.42 Å². The first-order valence-corrected chi connectivity index (χ1v) is 10.5. The number of hydrogen-bond acceptors (Lipinski definition) is 5. The topological polar surface area (TPSA) is 91.2 Å². The normalized spacial score (nSPS) is 12.7. The molecule has 28 heavy (non-hydrogen) atoms. The van der Waals surface area contributed by atoms with Gasteiger partial charge in [-0.2, -0.15) is 5.26 Å². The molecule has 148 valence electrons. The predicted octanol–water partition coefficient (Wildman–Crippen LogP) is 4.53. The Morgan fingerprint density at radius 1 is 1.25 bits per heavy atom. The molecule has 2 rings (SSSR count). The average molecular weight is 464 g/mol. The zero-order valence-electron chi connectivity index (χ0n) is 15.6. The molecule has 0 aliphatic rings. The van der Waals surface area contributed by atoms with E-state index < -0.39 is 24.1 Å². The van der Waals surface area contributed by atoms with E-state index in [1.165, 1.54) is 11.3 Å². The van der Waals surface area contributed by atoms with Crippen LogP contribution in [-0.4, -0.2) is 18.0 Å². The minimum atomic E-state index is -0.789. The number of benzene rings is 1. The first-order valence-electron chi connectivity index (χ1n) is 8.80. The molecule has 0 saturated carbocycles. The fraction of sp³-hybridized carbons (Fsp3) is 0.350. The summed E-state index contributed by atoms with van der Waals surface area (Å²) in [5.74, 6) is -0.247. The van der Waals surface area contributed by atoms with Gasteiger partial charge in [0.1, 0.15) is 12.6 Å². The number of nitrogens with zero attached hydrogens (tertiary/aromatic N) is 1. The van der Waals surface area contributed by atoms with Crippen molar-refractivity contribution in [1.82, 2.24) is 10.6 Å². The van der Waals surface area contributed by atoms with Crippen LogP contribution in [0.4, 0.5) is 4.79 Å². The first-order chi connectivity index (χ1) is 13.4. The Labute approximate surface area is 177 Å². The summed E-state index contributed by atoms with van der Waals surface area (Å²) in [7, 11) is 0. The molecule has 0 bridgehead atoms. The minimum Gasteiger partial charge on any atom is -0.445 e. The monoisotopic (exact) mass is 463 g/mol. The van der Waals surface area contributed by atoms with Crippen molar-refractivity contribution < 1.29 is 14.3 Å². The number of thiophene rings is 1. The number of ether oxygens (including phenoxy) is 1. The van der Waals surface area contributed by atoms with Crippen LogP contribution in [0.25, 0.3) is 0 Å². The molecule has 2 aromatic rings. The van der Waals surface area contributed by atoms with Gasteiger partial charge in [0.25, 0.3) is 0 Å². The number of rotatable bonds is 8. The van der Waals surface area contributed by atoms with Crippen LogP contribution < -0.4 is 10.6 Å². The molecule has 0 aliphatic heterocycles. The van der Waals surface area contributed by atoms with Gasteiger partial charge in [-0.05, 0) is 39.9 Å². The summed E-state index contributed by atoms with van der Waals surface area (Å²) in [6.07, 6.45) is -0.240. The second-order valence-corrected chi connectivity index (χ2v) is 8.48. The molecule has 0 radical (unpaired) electrons. The maximum Gasteiger partial charge on any atom is 0.408 e. The number of carbonyl (C=O) groups is 2. The van der Waals surface area contributed by atoms with Crippen LogP contribution in [0.2, 0.25) is 0 Å². The van der Waals surface area contributed by atoms with Crippen LogP contribution >= 0.6 is 27.3 Å². The molecule has 1 aromatic heterocycles. The van der Waals surface area contributed by atoms with Crippen LogP contribution in [0.5, 0.6) is 0 Å². The van der Waals surface area contributed by atoms with Gasteiger partial charge in [0.15, 0.2) is 6.04 Å². The lowest BCUT2D eigenvalue weighted by atomic mass is 10.0. The van der Waals surface area contributed by atoms with Crippen molar-refractivity contribution in [2.75, 3.05) is 0 Å². The third-order valence-electron chi connectivity index (χ3n) is 3.82. The quantitative estimate of drug-likeness (QED) is 0.601. The zero-order chi connectivity index (χ0) is 20.5. The van der Waals surface area contributed by atoms with E-state index in [-0.39, 0.29) is 12.5 Å². The van der Waals surface area contributed by atoms with Crippen molar-refractivity contribution in [3.05, 3.63) is 56.7 Å². The SMILES string of the molecule is CC(C)C[C@H](NC(=O)OCc1ccccc1)C(=O)NC(C#N)c1cc(Br)cs1. The second-order valence-electron chi connectivity index (χ2n) is 6.63. The van der Waals surface area contributed by atoms with Gasteiger partial charge >= 0.3 is 6.09 Å². The Morgan fingerprint density at radius 3 is 2.54 bits per heavy atom. The lowest BCUT2D eigenvalue weighted by Gasteiger charge is -2.21. The van der Waals surface area contributed by atoms with Gasteiger partial charge in [-0.3, -0.25) is 4.79 Å². The van der Waals surface area contributed by atoms with E-state index >= 15 is 0 Å². The van der Waals surface area contributed by atoms with E-state index in [9.17, 15) is 14.9 Å². The number of carbonyl (C=O) groups excluding carboxylic acids is 2. The molecule has 0 spiro atoms. The van der Waals surface area contributed by atoms with Crippen LogP contribution in [0.15, 0.2) is 46.3 Å². The number of nitriles is 1. The van der Waals surface area contributed by atoms with Crippen LogP contribution in [0.1, 0.15) is 36.8 Å². The van der Waals surface area contributed by atoms with Gasteiger partial charge in [0, 0.05) is 14.7 Å². The van der Waals surface area contributed by atoms with Gasteiger partial charge in [0.2, 0.25) is 5.91 Å². The summed E-state index contributed by atoms with van der Waals surface area (Å²) in [6, 6.07) is 11.6. The van der Waals surface area contributed by atoms with Crippen molar-refractivity contribution >= 4 is 39.3 Å². The highest BCUT2D eigenvalue weighted by Crippen LogP contribution is 2.25. The molecule has 6 nitrogen and oxygen atoms in total. The highest BCUT2D eigenvalue weighted by molar-refractivity contribution is 9.10. The molecular formula is C20H22BrN3O3S. The molecule has 0 saturated heterocycles. The van der Waals surface area contributed by atoms with Gasteiger partial charge < -0.3 is 15.4 Å². The fourth-order valence-corrected chi connectivity index (χ4v) is 3.94. The number of nitrogens with one attached hydrogen (secondary N) is 2. The summed E-state index contributed by atoms with van der Waals surface area (Å²) in [5, 5.41) is 16.6. The molecule has 1 aromatic carbocycles. The molecule has 2 N–H and O–H groups in total. The van der Waals surface area contributed by atoms with Crippen molar-refractivity contribution in [3.8, 4) is 6.07 Å². The van der Waals surface area contributed by atoms with Crippen molar-refractivity contribution in [2.45, 2.75) is 39.0 Å². The number of amides is 2. The minimum absolute atomic E-state index is 0.118. The van der Waals surface area contributed by atoms with E-state index in [0.717, 1.165) is 14.9 Å². The Kier molecular flexibility index (Phi) is 8.48. The van der Waals surface area contributed by atoms with Crippen LogP contribution in [0, 0.1) is 17.2 Å². The number of halogens is 1. The van der Waals surface area contributed by atoms with Gasteiger partial charge in [0.05, 0.1) is 6.07 Å². The Morgan fingerprint density at radius 2 is 1.96 bits per heavy atom. The van der Waals surface area contributed by atoms with Crippen LogP contribution in [0.3, 0.4) is 0 Å². The van der Waals surface area contributed by atoms with E-state index in [1.54, 1.807) is 6.07 Å². The highest BCUT2D eigenvalue weighted by Gasteiger charge is 2.26. The van der Waals surface area contributed by atoms with Gasteiger partial charge in [-0.1, -0.05) is 44.2 Å². The van der Waals surface area contributed by atoms with Crippen LogP contribution in [-0.2, 0) is 16.1 Å². The molecule has 0 aliphatic carbocycles. The maximum absolute atomic E-state index is 12.7. The Hall–Kier alpha value is -2.37. The number of hydrogen-bond donors (Lipinski definition) is 2. The molecule has 8 heteroatoms. The van der Waals surface area contributed by atoms with E-state index in [2.05, 4.69) is 32.6 Å². The largest absolute Gasteiger partial charge is 0.445 e. The summed E-state index contributed by atoms with van der Waals surface area (Å²) in [4.78, 5) is 25.6. The molecule has 1 unspecified atom stereocenters. The van der Waals surface area contributed by atoms with Gasteiger partial charge in [-0.15, -0.1) is 11.3 Å². The fourth-order valence-electron chi connectivity index (χ4n) is 2.50. The summed E-state index contributed by atoms with van der Waals surface area (Å²) < 4.78 is 6.06. The smallest absolute Gasteiger partial charge is 0.408 e. The van der Waals surface area contributed by atoms with Crippen molar-refractivity contribution in [2.24, 2.45) is 5.92 Å². The standard InChI is InChI=1S/C20H22BrN3O3S/c1-13(2)8-16(24-20(26)27-11-14-6-4-3-5-7-14)19(25)23-17(10-22)18-9-15(21)12-28-18/h3-7,9,12-13,16-17H,8,11H2,1-2H3,(H,23,25)(H,24,26)/t16-,17?/m0/s1. The summed E-state index contributed by atoms with van der Waals surface area (Å²) in [6.45, 7) is 4.03. The molecule has 0 fully saturated rings. The summed E-state index contributed by atoms with van der Waals surface area (Å²) >= 11 is 4.71. The molecule has 2 atom stereocenters. The van der Waals surface area contributed by atoms with E-state index in [4.69, 9.17) is 4.74 Å². The zero-order valence-corrected chi connectivity index (χ0v) is 18.0. The number of alkyl carbamates (subject to hydrolysis) is 1. The molecule has 2 amide bonds. The molecule has 1 heterocycles. The van der Waals surface area contributed by atoms with Crippen molar-refractivity contribution in [1.29, 1.82) is 5.26 Å². The van der Waals surface area contributed by atoms with Crippen molar-refractivity contribution in [3.63, 3.8) is 0 Å².